The highest BCUT2D eigenvalue weighted by Gasteiger charge is 2.32. The van der Waals surface area contributed by atoms with Crippen molar-refractivity contribution in [1.82, 2.24) is 4.90 Å². The lowest BCUT2D eigenvalue weighted by Gasteiger charge is -2.35. The monoisotopic (exact) mass is 329 g/mol. The smallest absolute Gasteiger partial charge is 0.151 e. The molecule has 1 aliphatic rings. The zero-order chi connectivity index (χ0) is 16.2. The molecule has 2 unspecified atom stereocenters. The zero-order valence-electron chi connectivity index (χ0n) is 13.9. The molecule has 0 spiro atoms. The van der Waals surface area contributed by atoms with Crippen LogP contribution in [0.25, 0.3) is 0 Å². The third-order valence-corrected chi connectivity index (χ3v) is 4.80. The number of nitrogens with zero attached hydrogens (tertiary/aromatic N) is 1. The van der Waals surface area contributed by atoms with Crippen LogP contribution in [0.3, 0.4) is 0 Å². The van der Waals surface area contributed by atoms with E-state index in [0.717, 1.165) is 17.2 Å². The van der Waals surface area contributed by atoms with Crippen LogP contribution in [-0.2, 0) is 11.3 Å². The Hall–Kier alpha value is -1.49. The maximum Gasteiger partial charge on any atom is 0.151 e. The van der Waals surface area contributed by atoms with Crippen LogP contribution in [0.1, 0.15) is 17.2 Å². The predicted molar refractivity (Wildman–Crippen MR) is 95.2 cm³/mol. The molecule has 3 rings (SSSR count). The molecule has 1 heterocycles. The average Bonchev–Trinajstić information content (AvgIpc) is 2.57. The first-order valence-electron chi connectivity index (χ1n) is 7.83. The van der Waals surface area contributed by atoms with Gasteiger partial charge < -0.3 is 14.4 Å². The second kappa shape index (κ2) is 7.39. The third kappa shape index (κ3) is 3.71. The van der Waals surface area contributed by atoms with E-state index >= 15 is 0 Å². The summed E-state index contributed by atoms with van der Waals surface area (Å²) in [6.45, 7) is 1.49. The molecule has 0 radical (unpaired) electrons. The van der Waals surface area contributed by atoms with E-state index in [4.69, 9.17) is 9.47 Å². The van der Waals surface area contributed by atoms with Gasteiger partial charge in [0.1, 0.15) is 11.9 Å². The Bertz CT molecular complexity index is 659. The summed E-state index contributed by atoms with van der Waals surface area (Å²) in [6, 6.07) is 16.6. The zero-order valence-corrected chi connectivity index (χ0v) is 14.7. The lowest BCUT2D eigenvalue weighted by molar-refractivity contribution is -0.0624. The Morgan fingerprint density at radius 1 is 1.13 bits per heavy atom. The van der Waals surface area contributed by atoms with E-state index in [2.05, 4.69) is 55.6 Å². The normalized spacial score (nSPS) is 20.3. The number of fused-ring (bicyclic) bond motifs is 1. The van der Waals surface area contributed by atoms with Crippen LogP contribution in [-0.4, -0.2) is 37.9 Å². The van der Waals surface area contributed by atoms with E-state index in [-0.39, 0.29) is 12.2 Å². The van der Waals surface area contributed by atoms with Crippen molar-refractivity contribution in [2.75, 3.05) is 26.9 Å². The predicted octanol–water partition coefficient (Wildman–Crippen LogP) is 3.99. The minimum atomic E-state index is -0.0874. The topological polar surface area (TPSA) is 21.7 Å². The summed E-state index contributed by atoms with van der Waals surface area (Å²) >= 11 is 1.70. The van der Waals surface area contributed by atoms with E-state index in [9.17, 15) is 0 Å². The molecule has 0 aliphatic carbocycles. The number of hydrogen-bond acceptors (Lipinski definition) is 4. The van der Waals surface area contributed by atoms with Gasteiger partial charge in [0.25, 0.3) is 0 Å². The molecule has 0 fully saturated rings. The minimum Gasteiger partial charge on any atom is -0.482 e. The second-order valence-corrected chi connectivity index (χ2v) is 6.85. The van der Waals surface area contributed by atoms with Gasteiger partial charge in [0.05, 0.1) is 6.61 Å². The number of thioether (sulfide) groups is 1. The van der Waals surface area contributed by atoms with Gasteiger partial charge in [-0.25, -0.2) is 0 Å². The van der Waals surface area contributed by atoms with Crippen molar-refractivity contribution in [2.45, 2.75) is 23.7 Å². The van der Waals surface area contributed by atoms with E-state index in [0.29, 0.717) is 6.61 Å². The number of rotatable bonds is 5. The molecule has 0 N–H and O–H groups in total. The Kier molecular flexibility index (Phi) is 5.26. The molecule has 122 valence electrons. The van der Waals surface area contributed by atoms with Crippen molar-refractivity contribution in [3.05, 3.63) is 59.7 Å². The molecule has 0 bridgehead atoms. The molecule has 2 aromatic carbocycles. The van der Waals surface area contributed by atoms with Crippen LogP contribution in [0, 0.1) is 0 Å². The molecular formula is C19H23NO2S. The molecule has 0 saturated heterocycles. The molecule has 2 atom stereocenters. The quantitative estimate of drug-likeness (QED) is 0.773. The fourth-order valence-corrected chi connectivity index (χ4v) is 3.46. The van der Waals surface area contributed by atoms with Gasteiger partial charge in [0.2, 0.25) is 0 Å². The van der Waals surface area contributed by atoms with Gasteiger partial charge in [-0.1, -0.05) is 36.4 Å². The largest absolute Gasteiger partial charge is 0.482 e. The summed E-state index contributed by atoms with van der Waals surface area (Å²) in [4.78, 5) is 3.30. The lowest BCUT2D eigenvalue weighted by Crippen LogP contribution is -2.39. The Morgan fingerprint density at radius 2 is 1.87 bits per heavy atom. The first kappa shape index (κ1) is 16.4. The highest BCUT2D eigenvalue weighted by molar-refractivity contribution is 7.98. The fourth-order valence-electron chi connectivity index (χ4n) is 2.93. The molecule has 3 nitrogen and oxygen atoms in total. The van der Waals surface area contributed by atoms with Gasteiger partial charge in [0, 0.05) is 17.0 Å². The Morgan fingerprint density at radius 3 is 2.65 bits per heavy atom. The van der Waals surface area contributed by atoms with Crippen molar-refractivity contribution in [3.63, 3.8) is 0 Å². The van der Waals surface area contributed by atoms with Crippen molar-refractivity contribution < 1.29 is 9.47 Å². The van der Waals surface area contributed by atoms with Gasteiger partial charge in [-0.3, -0.25) is 0 Å². The number of likely N-dealkylation sites (N-methyl/N-ethyl adjacent to an activating group) is 1. The van der Waals surface area contributed by atoms with Crippen molar-refractivity contribution in [3.8, 4) is 5.75 Å². The molecule has 0 saturated carbocycles. The van der Waals surface area contributed by atoms with E-state index in [1.54, 1.807) is 11.8 Å². The summed E-state index contributed by atoms with van der Waals surface area (Å²) < 4.78 is 12.5. The minimum absolute atomic E-state index is 0.0230. The Labute approximate surface area is 142 Å². The number of hydrogen-bond donors (Lipinski definition) is 0. The maximum absolute atomic E-state index is 6.44. The third-order valence-electron chi connectivity index (χ3n) is 4.02. The first-order valence-corrected chi connectivity index (χ1v) is 9.05. The molecule has 0 aromatic heterocycles. The van der Waals surface area contributed by atoms with Crippen LogP contribution >= 0.6 is 11.8 Å². The van der Waals surface area contributed by atoms with E-state index in [1.165, 1.54) is 11.1 Å². The van der Waals surface area contributed by atoms with Crippen LogP contribution in [0.15, 0.2) is 53.4 Å². The van der Waals surface area contributed by atoms with Crippen LogP contribution in [0.5, 0.6) is 5.75 Å². The summed E-state index contributed by atoms with van der Waals surface area (Å²) in [5, 5.41) is 0. The Balaban J connectivity index is 1.94. The van der Waals surface area contributed by atoms with Crippen LogP contribution in [0.4, 0.5) is 0 Å². The SMILES string of the molecule is CSc1ccccc1OC1c2ccccc2COC1CN(C)C. The molecule has 4 heteroatoms. The standard InChI is InChI=1S/C19H23NO2S/c1-20(2)12-17-19(15-9-5-4-8-14(15)13-21-17)22-16-10-6-7-11-18(16)23-3/h4-11,17,19H,12-13H2,1-3H3. The number of ether oxygens (including phenoxy) is 2. The van der Waals surface area contributed by atoms with Crippen molar-refractivity contribution >= 4 is 11.8 Å². The van der Waals surface area contributed by atoms with Crippen LogP contribution in [0.2, 0.25) is 0 Å². The fraction of sp³-hybridized carbons (Fsp3) is 0.368. The van der Waals surface area contributed by atoms with Gasteiger partial charge in [-0.05, 0) is 38.0 Å². The molecule has 2 aromatic rings. The second-order valence-electron chi connectivity index (χ2n) is 6.00. The number of benzene rings is 2. The van der Waals surface area contributed by atoms with Crippen molar-refractivity contribution in [2.24, 2.45) is 0 Å². The van der Waals surface area contributed by atoms with Crippen molar-refractivity contribution in [1.29, 1.82) is 0 Å². The number of para-hydroxylation sites is 1. The lowest BCUT2D eigenvalue weighted by atomic mass is 9.95. The van der Waals surface area contributed by atoms with Gasteiger partial charge in [-0.2, -0.15) is 0 Å². The highest BCUT2D eigenvalue weighted by Crippen LogP contribution is 2.37. The van der Waals surface area contributed by atoms with Gasteiger partial charge in [-0.15, -0.1) is 11.8 Å². The first-order chi connectivity index (χ1) is 11.2. The summed E-state index contributed by atoms with van der Waals surface area (Å²) in [5.41, 5.74) is 2.45. The highest BCUT2D eigenvalue weighted by atomic mass is 32.2. The van der Waals surface area contributed by atoms with Gasteiger partial charge >= 0.3 is 0 Å². The van der Waals surface area contributed by atoms with E-state index in [1.807, 2.05) is 18.2 Å². The molecule has 23 heavy (non-hydrogen) atoms. The van der Waals surface area contributed by atoms with Gasteiger partial charge in [0.15, 0.2) is 6.10 Å². The summed E-state index contributed by atoms with van der Waals surface area (Å²) in [7, 11) is 4.13. The molecule has 1 aliphatic heterocycles. The summed E-state index contributed by atoms with van der Waals surface area (Å²) in [6.07, 6.45) is 2.01. The maximum atomic E-state index is 6.44. The van der Waals surface area contributed by atoms with Crippen LogP contribution < -0.4 is 4.74 Å². The summed E-state index contributed by atoms with van der Waals surface area (Å²) in [5.74, 6) is 0.925. The van der Waals surface area contributed by atoms with E-state index < -0.39 is 0 Å². The molecular weight excluding hydrogens is 306 g/mol. The molecule has 0 amide bonds. The average molecular weight is 329 g/mol.